The van der Waals surface area contributed by atoms with Crippen LogP contribution in [0.15, 0.2) is 18.3 Å². The Labute approximate surface area is 107 Å². The second-order valence-corrected chi connectivity index (χ2v) is 4.30. The molecule has 1 heterocycles. The number of nitrogens with zero attached hydrogens (tertiary/aromatic N) is 1. The first-order valence-electron chi connectivity index (χ1n) is 5.92. The molecule has 0 aliphatic heterocycles. The number of hydrogen-bond acceptors (Lipinski definition) is 5. The second-order valence-electron chi connectivity index (χ2n) is 4.30. The highest BCUT2D eigenvalue weighted by Crippen LogP contribution is 2.05. The van der Waals surface area contributed by atoms with Crippen molar-refractivity contribution in [3.63, 3.8) is 0 Å². The van der Waals surface area contributed by atoms with Gasteiger partial charge in [-0.15, -0.1) is 0 Å². The quantitative estimate of drug-likeness (QED) is 0.379. The van der Waals surface area contributed by atoms with E-state index >= 15 is 0 Å². The zero-order chi connectivity index (χ0) is 13.4. The summed E-state index contributed by atoms with van der Waals surface area (Å²) in [7, 11) is 0. The lowest BCUT2D eigenvalue weighted by atomic mass is 10.2. The SMILES string of the molecule is CC(C)COCCNC(=O)c1cc(NN)ccn1. The van der Waals surface area contributed by atoms with E-state index in [4.69, 9.17) is 10.6 Å². The minimum Gasteiger partial charge on any atom is -0.379 e. The summed E-state index contributed by atoms with van der Waals surface area (Å²) in [5.74, 6) is 5.52. The molecule has 100 valence electrons. The third-order valence-electron chi connectivity index (χ3n) is 2.14. The summed E-state index contributed by atoms with van der Waals surface area (Å²) >= 11 is 0. The van der Waals surface area contributed by atoms with Crippen LogP contribution in [0.4, 0.5) is 5.69 Å². The molecule has 6 nitrogen and oxygen atoms in total. The number of rotatable bonds is 7. The highest BCUT2D eigenvalue weighted by Gasteiger charge is 2.06. The van der Waals surface area contributed by atoms with E-state index in [0.717, 1.165) is 0 Å². The Morgan fingerprint density at radius 1 is 1.56 bits per heavy atom. The van der Waals surface area contributed by atoms with E-state index in [1.165, 1.54) is 6.20 Å². The number of amides is 1. The van der Waals surface area contributed by atoms with E-state index in [2.05, 4.69) is 29.6 Å². The number of aromatic nitrogens is 1. The molecule has 0 bridgehead atoms. The molecule has 18 heavy (non-hydrogen) atoms. The van der Waals surface area contributed by atoms with Crippen molar-refractivity contribution in [3.05, 3.63) is 24.0 Å². The fourth-order valence-corrected chi connectivity index (χ4v) is 1.29. The van der Waals surface area contributed by atoms with Gasteiger partial charge in [-0.05, 0) is 18.1 Å². The van der Waals surface area contributed by atoms with E-state index in [1.807, 2.05) is 0 Å². The summed E-state index contributed by atoms with van der Waals surface area (Å²) in [5, 5.41) is 2.73. The van der Waals surface area contributed by atoms with Gasteiger partial charge in [0.25, 0.3) is 5.91 Å². The highest BCUT2D eigenvalue weighted by molar-refractivity contribution is 5.93. The number of anilines is 1. The summed E-state index contributed by atoms with van der Waals surface area (Å²) < 4.78 is 5.36. The minimum atomic E-state index is -0.236. The molecular weight excluding hydrogens is 232 g/mol. The third kappa shape index (κ3) is 5.11. The van der Waals surface area contributed by atoms with Crippen LogP contribution in [0.25, 0.3) is 0 Å². The molecule has 1 amide bonds. The lowest BCUT2D eigenvalue weighted by Gasteiger charge is -2.08. The van der Waals surface area contributed by atoms with Gasteiger partial charge < -0.3 is 15.5 Å². The largest absolute Gasteiger partial charge is 0.379 e. The number of pyridine rings is 1. The van der Waals surface area contributed by atoms with Gasteiger partial charge >= 0.3 is 0 Å². The van der Waals surface area contributed by atoms with Crippen LogP contribution in [0.2, 0.25) is 0 Å². The average molecular weight is 252 g/mol. The van der Waals surface area contributed by atoms with E-state index < -0.39 is 0 Å². The summed E-state index contributed by atoms with van der Waals surface area (Å²) in [5.41, 5.74) is 3.44. The second kappa shape index (κ2) is 7.62. The van der Waals surface area contributed by atoms with Crippen molar-refractivity contribution in [1.82, 2.24) is 10.3 Å². The molecule has 0 radical (unpaired) electrons. The summed E-state index contributed by atoms with van der Waals surface area (Å²) in [6.07, 6.45) is 1.53. The molecule has 0 saturated heterocycles. The number of hydrazine groups is 1. The fourth-order valence-electron chi connectivity index (χ4n) is 1.29. The Balaban J connectivity index is 2.31. The Hall–Kier alpha value is -1.66. The molecule has 0 fully saturated rings. The molecule has 0 aliphatic carbocycles. The first-order valence-corrected chi connectivity index (χ1v) is 5.92. The smallest absolute Gasteiger partial charge is 0.270 e. The van der Waals surface area contributed by atoms with Gasteiger partial charge in [0.15, 0.2) is 0 Å². The monoisotopic (exact) mass is 252 g/mol. The Bertz CT molecular complexity index is 382. The van der Waals surface area contributed by atoms with Crippen LogP contribution >= 0.6 is 0 Å². The molecule has 4 N–H and O–H groups in total. The molecule has 1 rings (SSSR count). The molecular formula is C12H20N4O2. The summed E-state index contributed by atoms with van der Waals surface area (Å²) in [6, 6.07) is 3.27. The van der Waals surface area contributed by atoms with Crippen molar-refractivity contribution < 1.29 is 9.53 Å². The van der Waals surface area contributed by atoms with Crippen molar-refractivity contribution in [1.29, 1.82) is 0 Å². The summed E-state index contributed by atoms with van der Waals surface area (Å²) in [4.78, 5) is 15.7. The van der Waals surface area contributed by atoms with Crippen LogP contribution < -0.4 is 16.6 Å². The molecule has 0 atom stereocenters. The van der Waals surface area contributed by atoms with Gasteiger partial charge in [-0.25, -0.2) is 0 Å². The fraction of sp³-hybridized carbons (Fsp3) is 0.500. The average Bonchev–Trinajstić information content (AvgIpc) is 2.37. The zero-order valence-corrected chi connectivity index (χ0v) is 10.8. The van der Waals surface area contributed by atoms with Gasteiger partial charge in [-0.1, -0.05) is 13.8 Å². The van der Waals surface area contributed by atoms with E-state index in [-0.39, 0.29) is 5.91 Å². The number of nitrogens with two attached hydrogens (primary N) is 1. The van der Waals surface area contributed by atoms with Crippen LogP contribution in [0.1, 0.15) is 24.3 Å². The predicted molar refractivity (Wildman–Crippen MR) is 70.0 cm³/mol. The lowest BCUT2D eigenvalue weighted by molar-refractivity contribution is 0.0882. The number of nitrogens with one attached hydrogen (secondary N) is 2. The van der Waals surface area contributed by atoms with Gasteiger partial charge in [0.05, 0.1) is 12.3 Å². The number of hydrogen-bond donors (Lipinski definition) is 3. The maximum Gasteiger partial charge on any atom is 0.270 e. The molecule has 0 aliphatic rings. The van der Waals surface area contributed by atoms with Crippen LogP contribution in [0, 0.1) is 5.92 Å². The van der Waals surface area contributed by atoms with Crippen LogP contribution in [0.3, 0.4) is 0 Å². The van der Waals surface area contributed by atoms with Crippen LogP contribution in [-0.4, -0.2) is 30.6 Å². The third-order valence-corrected chi connectivity index (χ3v) is 2.14. The highest BCUT2D eigenvalue weighted by atomic mass is 16.5. The number of nitrogen functional groups attached to an aromatic ring is 1. The number of carbonyl (C=O) groups is 1. The van der Waals surface area contributed by atoms with Crippen LogP contribution in [-0.2, 0) is 4.74 Å². The van der Waals surface area contributed by atoms with Gasteiger partial charge in [-0.2, -0.15) is 0 Å². The molecule has 0 spiro atoms. The minimum absolute atomic E-state index is 0.236. The van der Waals surface area contributed by atoms with Gasteiger partial charge in [0.2, 0.25) is 0 Å². The van der Waals surface area contributed by atoms with E-state index in [0.29, 0.717) is 37.1 Å². The standard InChI is InChI=1S/C12H20N4O2/c1-9(2)8-18-6-5-15-12(17)11-7-10(16-13)3-4-14-11/h3-4,7,9H,5-6,8,13H2,1-2H3,(H,14,16)(H,15,17). The number of carbonyl (C=O) groups excluding carboxylic acids is 1. The Morgan fingerprint density at radius 3 is 3.00 bits per heavy atom. The van der Waals surface area contributed by atoms with E-state index in [1.54, 1.807) is 12.1 Å². The Morgan fingerprint density at radius 2 is 2.33 bits per heavy atom. The molecule has 1 aromatic heterocycles. The van der Waals surface area contributed by atoms with Crippen molar-refractivity contribution in [2.75, 3.05) is 25.2 Å². The van der Waals surface area contributed by atoms with Crippen LogP contribution in [0.5, 0.6) is 0 Å². The topological polar surface area (TPSA) is 89.3 Å². The van der Waals surface area contributed by atoms with Gasteiger partial charge in [0.1, 0.15) is 5.69 Å². The van der Waals surface area contributed by atoms with E-state index in [9.17, 15) is 4.79 Å². The molecule has 6 heteroatoms. The first-order chi connectivity index (χ1) is 8.63. The Kier molecular flexibility index (Phi) is 6.10. The van der Waals surface area contributed by atoms with Crippen molar-refractivity contribution in [2.24, 2.45) is 11.8 Å². The first kappa shape index (κ1) is 14.4. The number of ether oxygens (including phenoxy) is 1. The maximum absolute atomic E-state index is 11.7. The molecule has 1 aromatic rings. The predicted octanol–water partition coefficient (Wildman–Crippen LogP) is 0.770. The molecule has 0 saturated carbocycles. The zero-order valence-electron chi connectivity index (χ0n) is 10.8. The van der Waals surface area contributed by atoms with Gasteiger partial charge in [-0.3, -0.25) is 15.6 Å². The lowest BCUT2D eigenvalue weighted by Crippen LogP contribution is -2.28. The molecule has 0 aromatic carbocycles. The van der Waals surface area contributed by atoms with Crippen molar-refractivity contribution >= 4 is 11.6 Å². The van der Waals surface area contributed by atoms with Crippen molar-refractivity contribution in [3.8, 4) is 0 Å². The van der Waals surface area contributed by atoms with Gasteiger partial charge in [0, 0.05) is 19.3 Å². The maximum atomic E-state index is 11.7. The summed E-state index contributed by atoms with van der Waals surface area (Å²) in [6.45, 7) is 5.81. The normalized spacial score (nSPS) is 10.4. The van der Waals surface area contributed by atoms with Crippen molar-refractivity contribution in [2.45, 2.75) is 13.8 Å². The molecule has 0 unspecified atom stereocenters.